The predicted molar refractivity (Wildman–Crippen MR) is 61.5 cm³/mol. The second kappa shape index (κ2) is 5.01. The fraction of sp³-hybridized carbons (Fsp3) is 0.583. The van der Waals surface area contributed by atoms with E-state index in [9.17, 15) is 4.79 Å². The highest BCUT2D eigenvalue weighted by molar-refractivity contribution is 5.91. The largest absolute Gasteiger partial charge is 0.437 e. The number of ketones is 1. The number of carbonyl (C=O) groups is 1. The van der Waals surface area contributed by atoms with Gasteiger partial charge in [0.25, 0.3) is 0 Å². The van der Waals surface area contributed by atoms with Crippen LogP contribution in [0.5, 0.6) is 0 Å². The van der Waals surface area contributed by atoms with Gasteiger partial charge in [0, 0.05) is 25.6 Å². The molecule has 0 aliphatic heterocycles. The zero-order chi connectivity index (χ0) is 11.4. The van der Waals surface area contributed by atoms with Crippen molar-refractivity contribution in [3.05, 3.63) is 17.9 Å². The molecule has 0 saturated carbocycles. The van der Waals surface area contributed by atoms with Gasteiger partial charge in [0.05, 0.1) is 0 Å². The summed E-state index contributed by atoms with van der Waals surface area (Å²) in [6.07, 6.45) is 1.06. The third-order valence-corrected chi connectivity index (χ3v) is 2.31. The lowest BCUT2D eigenvalue weighted by atomic mass is 10.3. The minimum Gasteiger partial charge on any atom is -0.437 e. The van der Waals surface area contributed by atoms with E-state index in [1.165, 1.54) is 6.92 Å². The van der Waals surface area contributed by atoms with Gasteiger partial charge in [0.15, 0.2) is 17.4 Å². The molecule has 0 spiro atoms. The summed E-state index contributed by atoms with van der Waals surface area (Å²) in [4.78, 5) is 13.3. The van der Waals surface area contributed by atoms with E-state index in [-0.39, 0.29) is 5.78 Å². The average Bonchev–Trinajstić information content (AvgIpc) is 2.62. The van der Waals surface area contributed by atoms with Gasteiger partial charge in [-0.3, -0.25) is 4.79 Å². The highest BCUT2D eigenvalue weighted by atomic mass is 16.4. The van der Waals surface area contributed by atoms with Gasteiger partial charge >= 0.3 is 0 Å². The summed E-state index contributed by atoms with van der Waals surface area (Å²) < 4.78 is 5.50. The number of hydrogen-bond acceptors (Lipinski definition) is 3. The Bertz CT molecular complexity index is 328. The molecular formula is C12H19NO2. The van der Waals surface area contributed by atoms with Crippen LogP contribution >= 0.6 is 0 Å². The molecule has 0 amide bonds. The Labute approximate surface area is 91.1 Å². The van der Waals surface area contributed by atoms with E-state index in [1.54, 1.807) is 6.07 Å². The molecular weight excluding hydrogens is 190 g/mol. The molecule has 1 heterocycles. The molecule has 0 atom stereocenters. The number of rotatable bonds is 5. The smallest absolute Gasteiger partial charge is 0.196 e. The maximum atomic E-state index is 11.1. The minimum atomic E-state index is -0.0264. The second-order valence-corrected chi connectivity index (χ2v) is 3.98. The maximum Gasteiger partial charge on any atom is 0.196 e. The molecule has 0 fully saturated rings. The summed E-state index contributed by atoms with van der Waals surface area (Å²) in [5.41, 5.74) is 0. The molecule has 3 nitrogen and oxygen atoms in total. The Hall–Kier alpha value is -1.25. The average molecular weight is 209 g/mol. The van der Waals surface area contributed by atoms with Gasteiger partial charge in [-0.15, -0.1) is 0 Å². The molecule has 1 aromatic rings. The normalized spacial score (nSPS) is 10.7. The summed E-state index contributed by atoms with van der Waals surface area (Å²) in [5, 5.41) is 0. The van der Waals surface area contributed by atoms with Crippen LogP contribution < -0.4 is 4.90 Å². The molecule has 15 heavy (non-hydrogen) atoms. The van der Waals surface area contributed by atoms with Crippen LogP contribution in [0.15, 0.2) is 16.5 Å². The zero-order valence-corrected chi connectivity index (χ0v) is 9.91. The van der Waals surface area contributed by atoms with Crippen LogP contribution in [0, 0.1) is 0 Å². The first-order valence-corrected chi connectivity index (χ1v) is 5.43. The summed E-state index contributed by atoms with van der Waals surface area (Å²) in [6, 6.07) is 3.99. The second-order valence-electron chi connectivity index (χ2n) is 3.98. The van der Waals surface area contributed by atoms with Gasteiger partial charge in [0.2, 0.25) is 0 Å². The first kappa shape index (κ1) is 11.8. The predicted octanol–water partition coefficient (Wildman–Crippen LogP) is 3.11. The number of nitrogens with zero attached hydrogens (tertiary/aromatic N) is 1. The Kier molecular flexibility index (Phi) is 3.95. The first-order chi connectivity index (χ1) is 7.06. The van der Waals surface area contributed by atoms with Gasteiger partial charge in [-0.1, -0.05) is 6.92 Å². The number of carbonyl (C=O) groups excluding carboxylic acids is 1. The molecule has 1 aromatic heterocycles. The molecule has 0 aromatic carbocycles. The van der Waals surface area contributed by atoms with E-state index in [0.717, 1.165) is 18.8 Å². The highest BCUT2D eigenvalue weighted by Crippen LogP contribution is 2.21. The Morgan fingerprint density at radius 1 is 1.47 bits per heavy atom. The fourth-order valence-corrected chi connectivity index (χ4v) is 1.54. The van der Waals surface area contributed by atoms with Crippen LogP contribution in [-0.4, -0.2) is 18.4 Å². The van der Waals surface area contributed by atoms with Crippen LogP contribution in [0.1, 0.15) is 44.7 Å². The lowest BCUT2D eigenvalue weighted by molar-refractivity contribution is 0.0987. The van der Waals surface area contributed by atoms with Gasteiger partial charge in [-0.25, -0.2) is 0 Å². The first-order valence-electron chi connectivity index (χ1n) is 5.43. The van der Waals surface area contributed by atoms with Crippen molar-refractivity contribution in [1.29, 1.82) is 0 Å². The zero-order valence-electron chi connectivity index (χ0n) is 9.91. The van der Waals surface area contributed by atoms with E-state index in [0.29, 0.717) is 11.8 Å². The topological polar surface area (TPSA) is 33.5 Å². The molecule has 0 unspecified atom stereocenters. The summed E-state index contributed by atoms with van der Waals surface area (Å²) in [7, 11) is 0. The molecule has 0 aliphatic carbocycles. The SMILES string of the molecule is CCCN(c1ccc(C(C)=O)o1)C(C)C. The van der Waals surface area contributed by atoms with Crippen LogP contribution in [-0.2, 0) is 0 Å². The van der Waals surface area contributed by atoms with E-state index < -0.39 is 0 Å². The molecule has 0 N–H and O–H groups in total. The quantitative estimate of drug-likeness (QED) is 0.699. The number of anilines is 1. The molecule has 0 radical (unpaired) electrons. The third-order valence-electron chi connectivity index (χ3n) is 2.31. The monoisotopic (exact) mass is 209 g/mol. The molecule has 1 rings (SSSR count). The van der Waals surface area contributed by atoms with Crippen molar-refractivity contribution in [2.45, 2.75) is 40.2 Å². The Balaban J connectivity index is 2.86. The van der Waals surface area contributed by atoms with Crippen LogP contribution in [0.4, 0.5) is 5.88 Å². The van der Waals surface area contributed by atoms with Crippen molar-refractivity contribution < 1.29 is 9.21 Å². The van der Waals surface area contributed by atoms with Crippen molar-refractivity contribution in [2.24, 2.45) is 0 Å². The molecule has 84 valence electrons. The van der Waals surface area contributed by atoms with Crippen LogP contribution in [0.2, 0.25) is 0 Å². The number of furan rings is 1. The molecule has 0 saturated heterocycles. The molecule has 3 heteroatoms. The Morgan fingerprint density at radius 3 is 2.53 bits per heavy atom. The summed E-state index contributed by atoms with van der Waals surface area (Å²) in [5.74, 6) is 1.20. The van der Waals surface area contributed by atoms with Crippen molar-refractivity contribution in [3.8, 4) is 0 Å². The van der Waals surface area contributed by atoms with Crippen molar-refractivity contribution >= 4 is 11.7 Å². The maximum absolute atomic E-state index is 11.1. The fourth-order valence-electron chi connectivity index (χ4n) is 1.54. The van der Waals surface area contributed by atoms with Crippen LogP contribution in [0.25, 0.3) is 0 Å². The summed E-state index contributed by atoms with van der Waals surface area (Å²) >= 11 is 0. The number of hydrogen-bond donors (Lipinski definition) is 0. The summed E-state index contributed by atoms with van der Waals surface area (Å²) in [6.45, 7) is 8.83. The molecule has 0 aliphatic rings. The molecule has 0 bridgehead atoms. The third kappa shape index (κ3) is 2.85. The van der Waals surface area contributed by atoms with Crippen molar-refractivity contribution in [2.75, 3.05) is 11.4 Å². The van der Waals surface area contributed by atoms with Gasteiger partial charge in [-0.2, -0.15) is 0 Å². The standard InChI is InChI=1S/C12H19NO2/c1-5-8-13(9(2)3)12-7-6-11(15-12)10(4)14/h6-7,9H,5,8H2,1-4H3. The van der Waals surface area contributed by atoms with Crippen molar-refractivity contribution in [1.82, 2.24) is 0 Å². The van der Waals surface area contributed by atoms with E-state index in [2.05, 4.69) is 25.7 Å². The van der Waals surface area contributed by atoms with Gasteiger partial charge in [0.1, 0.15) is 0 Å². The highest BCUT2D eigenvalue weighted by Gasteiger charge is 2.14. The van der Waals surface area contributed by atoms with Gasteiger partial charge < -0.3 is 9.32 Å². The number of Topliss-reactive ketones (excluding diaryl/α,β-unsaturated/α-hetero) is 1. The minimum absolute atomic E-state index is 0.0264. The lowest BCUT2D eigenvalue weighted by Crippen LogP contribution is -2.30. The Morgan fingerprint density at radius 2 is 2.13 bits per heavy atom. The lowest BCUT2D eigenvalue weighted by Gasteiger charge is -2.25. The van der Waals surface area contributed by atoms with E-state index in [4.69, 9.17) is 4.42 Å². The van der Waals surface area contributed by atoms with E-state index >= 15 is 0 Å². The van der Waals surface area contributed by atoms with E-state index in [1.807, 2.05) is 6.07 Å². The van der Waals surface area contributed by atoms with Crippen molar-refractivity contribution in [3.63, 3.8) is 0 Å². The van der Waals surface area contributed by atoms with Gasteiger partial charge in [-0.05, 0) is 26.3 Å². The van der Waals surface area contributed by atoms with Crippen LogP contribution in [0.3, 0.4) is 0 Å².